The van der Waals surface area contributed by atoms with Gasteiger partial charge in [0.15, 0.2) is 0 Å². The van der Waals surface area contributed by atoms with Gasteiger partial charge in [-0.05, 0) is 49.2 Å². The average molecular weight is 393 g/mol. The van der Waals surface area contributed by atoms with E-state index in [4.69, 9.17) is 4.74 Å². The quantitative estimate of drug-likeness (QED) is 0.366. The van der Waals surface area contributed by atoms with Crippen molar-refractivity contribution in [2.75, 3.05) is 13.2 Å². The second-order valence-electron chi connectivity index (χ2n) is 6.44. The van der Waals surface area contributed by atoms with Crippen LogP contribution in [0, 0.1) is 0 Å². The van der Waals surface area contributed by atoms with Crippen molar-refractivity contribution < 1.29 is 14.3 Å². The molecular weight excluding hydrogens is 366 g/mol. The first kappa shape index (κ1) is 21.9. The number of hydrogen-bond acceptors (Lipinski definition) is 4. The standard InChI is InChI=1S/C23H27N3O3/c1-3-4-16-29-21-14-12-20(13-15-21)23(28)24-17-22(27)26-25-18(2)10-11-19-8-6-5-7-9-19/h5-15H,3-4,16-17H2,1-2H3,(H,24,28)(H,26,27)/b11-10+,25-18-. The first-order valence-electron chi connectivity index (χ1n) is 9.66. The highest BCUT2D eigenvalue weighted by Crippen LogP contribution is 2.12. The molecule has 0 heterocycles. The maximum absolute atomic E-state index is 12.1. The van der Waals surface area contributed by atoms with E-state index in [1.165, 1.54) is 0 Å². The van der Waals surface area contributed by atoms with Crippen molar-refractivity contribution in [3.8, 4) is 5.75 Å². The van der Waals surface area contributed by atoms with E-state index in [9.17, 15) is 9.59 Å². The summed E-state index contributed by atoms with van der Waals surface area (Å²) in [4.78, 5) is 24.0. The molecule has 152 valence electrons. The van der Waals surface area contributed by atoms with Crippen molar-refractivity contribution in [3.63, 3.8) is 0 Å². The summed E-state index contributed by atoms with van der Waals surface area (Å²) in [5.41, 5.74) is 4.58. The SMILES string of the molecule is CCCCOc1ccc(C(=O)NCC(=O)N/N=C(C)\C=C\c2ccccc2)cc1. The molecular formula is C23H27N3O3. The van der Waals surface area contributed by atoms with Gasteiger partial charge in [-0.2, -0.15) is 5.10 Å². The van der Waals surface area contributed by atoms with Crippen molar-refractivity contribution in [2.24, 2.45) is 5.10 Å². The maximum Gasteiger partial charge on any atom is 0.259 e. The number of amides is 2. The number of benzene rings is 2. The van der Waals surface area contributed by atoms with Crippen LogP contribution in [0.5, 0.6) is 5.75 Å². The highest BCUT2D eigenvalue weighted by atomic mass is 16.5. The van der Waals surface area contributed by atoms with E-state index in [1.807, 2.05) is 36.4 Å². The summed E-state index contributed by atoms with van der Waals surface area (Å²) in [5.74, 6) is -0.00336. The fourth-order valence-electron chi connectivity index (χ4n) is 2.31. The lowest BCUT2D eigenvalue weighted by molar-refractivity contribution is -0.120. The Morgan fingerprint density at radius 3 is 2.48 bits per heavy atom. The third-order valence-corrected chi connectivity index (χ3v) is 3.97. The molecule has 0 saturated heterocycles. The molecule has 0 aliphatic rings. The molecule has 6 heteroatoms. The number of carbonyl (C=O) groups is 2. The van der Waals surface area contributed by atoms with Gasteiger partial charge in [-0.3, -0.25) is 9.59 Å². The highest BCUT2D eigenvalue weighted by Gasteiger charge is 2.08. The lowest BCUT2D eigenvalue weighted by Crippen LogP contribution is -2.35. The monoisotopic (exact) mass is 393 g/mol. The molecule has 6 nitrogen and oxygen atoms in total. The zero-order chi connectivity index (χ0) is 20.9. The fraction of sp³-hybridized carbons (Fsp3) is 0.261. The van der Waals surface area contributed by atoms with Crippen LogP contribution in [0.3, 0.4) is 0 Å². The number of unbranched alkanes of at least 4 members (excludes halogenated alkanes) is 1. The molecule has 0 fully saturated rings. The topological polar surface area (TPSA) is 79.8 Å². The number of allylic oxidation sites excluding steroid dienone is 1. The summed E-state index contributed by atoms with van der Waals surface area (Å²) < 4.78 is 5.57. The summed E-state index contributed by atoms with van der Waals surface area (Å²) in [7, 11) is 0. The Balaban J connectivity index is 1.75. The van der Waals surface area contributed by atoms with Crippen molar-refractivity contribution in [2.45, 2.75) is 26.7 Å². The van der Waals surface area contributed by atoms with Crippen molar-refractivity contribution in [1.29, 1.82) is 0 Å². The number of hydrogen-bond donors (Lipinski definition) is 2. The first-order chi connectivity index (χ1) is 14.1. The summed E-state index contributed by atoms with van der Waals surface area (Å²) in [6.07, 6.45) is 5.76. The Bertz CT molecular complexity index is 843. The number of nitrogens with zero attached hydrogens (tertiary/aromatic N) is 1. The number of carbonyl (C=O) groups excluding carboxylic acids is 2. The van der Waals surface area contributed by atoms with Crippen LogP contribution < -0.4 is 15.5 Å². The van der Waals surface area contributed by atoms with E-state index >= 15 is 0 Å². The summed E-state index contributed by atoms with van der Waals surface area (Å²) in [6.45, 7) is 4.37. The van der Waals surface area contributed by atoms with Crippen LogP contribution in [0.2, 0.25) is 0 Å². The molecule has 0 unspecified atom stereocenters. The Labute approximate surface area is 171 Å². The molecule has 2 amide bonds. The van der Waals surface area contributed by atoms with Gasteiger partial charge >= 0.3 is 0 Å². The van der Waals surface area contributed by atoms with Gasteiger partial charge in [-0.1, -0.05) is 49.8 Å². The molecule has 0 spiro atoms. The van der Waals surface area contributed by atoms with Crippen LogP contribution in [0.25, 0.3) is 6.08 Å². The molecule has 0 atom stereocenters. The van der Waals surface area contributed by atoms with E-state index in [-0.39, 0.29) is 12.5 Å². The van der Waals surface area contributed by atoms with Crippen LogP contribution in [-0.2, 0) is 4.79 Å². The zero-order valence-electron chi connectivity index (χ0n) is 16.9. The smallest absolute Gasteiger partial charge is 0.259 e. The lowest BCUT2D eigenvalue weighted by atomic mass is 10.2. The molecule has 2 aromatic rings. The summed E-state index contributed by atoms with van der Waals surface area (Å²) >= 11 is 0. The minimum atomic E-state index is -0.398. The van der Waals surface area contributed by atoms with Gasteiger partial charge in [0, 0.05) is 5.56 Å². The first-order valence-corrected chi connectivity index (χ1v) is 9.66. The average Bonchev–Trinajstić information content (AvgIpc) is 2.76. The number of nitrogens with one attached hydrogen (secondary N) is 2. The van der Waals surface area contributed by atoms with Gasteiger partial charge in [0.25, 0.3) is 11.8 Å². The van der Waals surface area contributed by atoms with Crippen LogP contribution >= 0.6 is 0 Å². The second kappa shape index (κ2) is 12.1. The Morgan fingerprint density at radius 2 is 1.79 bits per heavy atom. The van der Waals surface area contributed by atoms with E-state index in [2.05, 4.69) is 22.8 Å². The molecule has 0 aliphatic carbocycles. The zero-order valence-corrected chi connectivity index (χ0v) is 16.9. The van der Waals surface area contributed by atoms with Crippen molar-refractivity contribution in [3.05, 3.63) is 71.8 Å². The van der Waals surface area contributed by atoms with E-state index in [1.54, 1.807) is 37.3 Å². The third kappa shape index (κ3) is 8.43. The van der Waals surface area contributed by atoms with Gasteiger partial charge in [-0.15, -0.1) is 0 Å². The molecule has 0 aliphatic heterocycles. The number of ether oxygens (including phenoxy) is 1. The minimum Gasteiger partial charge on any atom is -0.494 e. The van der Waals surface area contributed by atoms with E-state index in [0.717, 1.165) is 24.2 Å². The van der Waals surface area contributed by atoms with Crippen LogP contribution in [0.15, 0.2) is 65.8 Å². The summed E-state index contributed by atoms with van der Waals surface area (Å²) in [6, 6.07) is 16.6. The largest absolute Gasteiger partial charge is 0.494 e. The molecule has 0 radical (unpaired) electrons. The molecule has 2 rings (SSSR count). The molecule has 0 saturated carbocycles. The van der Waals surface area contributed by atoms with Crippen LogP contribution in [0.4, 0.5) is 0 Å². The van der Waals surface area contributed by atoms with Gasteiger partial charge in [0.1, 0.15) is 5.75 Å². The fourth-order valence-corrected chi connectivity index (χ4v) is 2.31. The summed E-state index contributed by atoms with van der Waals surface area (Å²) in [5, 5.41) is 6.57. The predicted octanol–water partition coefficient (Wildman–Crippen LogP) is 3.80. The van der Waals surface area contributed by atoms with Crippen molar-refractivity contribution >= 4 is 23.6 Å². The van der Waals surface area contributed by atoms with E-state index in [0.29, 0.717) is 17.9 Å². The molecule has 29 heavy (non-hydrogen) atoms. The van der Waals surface area contributed by atoms with Gasteiger partial charge in [0.2, 0.25) is 0 Å². The Morgan fingerprint density at radius 1 is 1.07 bits per heavy atom. The van der Waals surface area contributed by atoms with Gasteiger partial charge in [-0.25, -0.2) is 5.43 Å². The van der Waals surface area contributed by atoms with Crippen LogP contribution in [-0.4, -0.2) is 30.7 Å². The number of hydrazone groups is 1. The highest BCUT2D eigenvalue weighted by molar-refractivity contribution is 5.98. The predicted molar refractivity (Wildman–Crippen MR) is 116 cm³/mol. The van der Waals surface area contributed by atoms with Crippen molar-refractivity contribution in [1.82, 2.24) is 10.7 Å². The van der Waals surface area contributed by atoms with Gasteiger partial charge < -0.3 is 10.1 Å². The maximum atomic E-state index is 12.1. The Kier molecular flexibility index (Phi) is 9.15. The van der Waals surface area contributed by atoms with E-state index < -0.39 is 5.91 Å². The molecule has 0 aromatic heterocycles. The number of rotatable bonds is 10. The Hall–Kier alpha value is -3.41. The third-order valence-electron chi connectivity index (χ3n) is 3.97. The lowest BCUT2D eigenvalue weighted by Gasteiger charge is -2.07. The molecule has 0 bridgehead atoms. The minimum absolute atomic E-state index is 0.160. The van der Waals surface area contributed by atoms with Gasteiger partial charge in [0.05, 0.1) is 18.9 Å². The van der Waals surface area contributed by atoms with Crippen LogP contribution in [0.1, 0.15) is 42.6 Å². The second-order valence-corrected chi connectivity index (χ2v) is 6.44. The molecule has 2 aromatic carbocycles. The molecule has 2 N–H and O–H groups in total. The normalized spacial score (nSPS) is 11.3.